The Morgan fingerprint density at radius 2 is 1.21 bits per heavy atom. The number of alkyl halides is 9. The molecule has 1 N–H and O–H groups in total. The summed E-state index contributed by atoms with van der Waals surface area (Å²) in [6.45, 7) is 0.959. The van der Waals surface area contributed by atoms with Gasteiger partial charge in [0.05, 0.1) is 6.04 Å². The maximum atomic E-state index is 12.8. The summed E-state index contributed by atoms with van der Waals surface area (Å²) >= 11 is 0. The second kappa shape index (κ2) is 6.17. The average molecular weight is 367 g/mol. The standard InChI is InChI=1S/C13H10F9NO/c1-7(8-5-3-2-4-6-8)23-9(24)10(11(14,15)16,12(17,18)19)13(20,21)22/h2-7H,1H3,(H,23,24)/t7-/m0/s1. The lowest BCUT2D eigenvalue weighted by Gasteiger charge is -2.37. The molecule has 0 spiro atoms. The number of halogens is 9. The van der Waals surface area contributed by atoms with Crippen molar-refractivity contribution in [2.75, 3.05) is 0 Å². The first-order chi connectivity index (χ1) is 10.7. The Labute approximate surface area is 129 Å². The fraction of sp³-hybridized carbons (Fsp3) is 0.462. The normalized spacial score (nSPS) is 15.1. The van der Waals surface area contributed by atoms with E-state index in [4.69, 9.17) is 0 Å². The van der Waals surface area contributed by atoms with Gasteiger partial charge in [-0.05, 0) is 12.5 Å². The molecular weight excluding hydrogens is 357 g/mol. The minimum Gasteiger partial charge on any atom is -0.348 e. The van der Waals surface area contributed by atoms with Gasteiger partial charge in [-0.25, -0.2) is 0 Å². The van der Waals surface area contributed by atoms with Crippen molar-refractivity contribution in [3.05, 3.63) is 35.9 Å². The highest BCUT2D eigenvalue weighted by atomic mass is 19.4. The summed E-state index contributed by atoms with van der Waals surface area (Å²) in [6, 6.07) is 5.10. The molecule has 0 fully saturated rings. The first-order valence-electron chi connectivity index (χ1n) is 6.22. The Morgan fingerprint density at radius 1 is 0.833 bits per heavy atom. The number of amides is 1. The minimum absolute atomic E-state index is 0.0336. The van der Waals surface area contributed by atoms with Gasteiger partial charge in [0.1, 0.15) is 0 Å². The van der Waals surface area contributed by atoms with Crippen LogP contribution < -0.4 is 5.32 Å². The van der Waals surface area contributed by atoms with E-state index in [0.29, 0.717) is 0 Å². The third kappa shape index (κ3) is 3.29. The van der Waals surface area contributed by atoms with Crippen LogP contribution in [0.5, 0.6) is 0 Å². The van der Waals surface area contributed by atoms with Gasteiger partial charge in [-0.1, -0.05) is 30.3 Å². The molecule has 2 nitrogen and oxygen atoms in total. The third-order valence-electron chi connectivity index (χ3n) is 3.26. The van der Waals surface area contributed by atoms with Crippen molar-refractivity contribution in [1.82, 2.24) is 5.32 Å². The zero-order valence-electron chi connectivity index (χ0n) is 11.8. The van der Waals surface area contributed by atoms with E-state index in [-0.39, 0.29) is 5.56 Å². The van der Waals surface area contributed by atoms with Gasteiger partial charge in [0.2, 0.25) is 0 Å². The van der Waals surface area contributed by atoms with Gasteiger partial charge in [-0.3, -0.25) is 4.79 Å². The lowest BCUT2D eigenvalue weighted by Crippen LogP contribution is -2.67. The number of hydrogen-bond acceptors (Lipinski definition) is 1. The number of nitrogens with one attached hydrogen (secondary N) is 1. The summed E-state index contributed by atoms with van der Waals surface area (Å²) in [5.74, 6) is -3.23. The molecule has 0 bridgehead atoms. The van der Waals surface area contributed by atoms with Crippen molar-refractivity contribution >= 4 is 5.91 Å². The number of carbonyl (C=O) groups is 1. The molecule has 1 rings (SSSR count). The van der Waals surface area contributed by atoms with Crippen LogP contribution in [0.1, 0.15) is 18.5 Å². The van der Waals surface area contributed by atoms with Crippen molar-refractivity contribution in [3.8, 4) is 0 Å². The first-order valence-corrected chi connectivity index (χ1v) is 6.22. The predicted octanol–water partition coefficient (Wildman–Crippen LogP) is 4.54. The van der Waals surface area contributed by atoms with Gasteiger partial charge in [-0.15, -0.1) is 0 Å². The maximum absolute atomic E-state index is 12.8. The molecule has 0 aromatic heterocycles. The van der Waals surface area contributed by atoms with E-state index in [9.17, 15) is 44.3 Å². The van der Waals surface area contributed by atoms with Crippen LogP contribution in [-0.4, -0.2) is 24.4 Å². The molecule has 0 saturated carbocycles. The fourth-order valence-corrected chi connectivity index (χ4v) is 2.00. The quantitative estimate of drug-likeness (QED) is 0.781. The summed E-state index contributed by atoms with van der Waals surface area (Å²) < 4.78 is 115. The van der Waals surface area contributed by atoms with Gasteiger partial charge in [0.15, 0.2) is 0 Å². The molecule has 0 aliphatic carbocycles. The topological polar surface area (TPSA) is 29.1 Å². The van der Waals surface area contributed by atoms with Gasteiger partial charge < -0.3 is 5.32 Å². The average Bonchev–Trinajstić information content (AvgIpc) is 2.34. The first kappa shape index (κ1) is 20.1. The third-order valence-corrected chi connectivity index (χ3v) is 3.26. The summed E-state index contributed by atoms with van der Waals surface area (Å²) in [5.41, 5.74) is -6.48. The smallest absolute Gasteiger partial charge is 0.348 e. The Morgan fingerprint density at radius 3 is 1.54 bits per heavy atom. The fourth-order valence-electron chi connectivity index (χ4n) is 2.00. The Kier molecular flexibility index (Phi) is 5.17. The molecular formula is C13H10F9NO. The van der Waals surface area contributed by atoms with Crippen molar-refractivity contribution in [2.24, 2.45) is 5.41 Å². The van der Waals surface area contributed by atoms with E-state index in [1.54, 1.807) is 0 Å². The SMILES string of the molecule is C[C@H](NC(=O)C(C(F)(F)F)(C(F)(F)F)C(F)(F)F)c1ccccc1. The number of hydrogen-bond donors (Lipinski definition) is 1. The molecule has 0 heterocycles. The van der Waals surface area contributed by atoms with Gasteiger partial charge in [0.25, 0.3) is 5.91 Å². The highest BCUT2D eigenvalue weighted by molar-refractivity contribution is 5.86. The molecule has 1 aromatic carbocycles. The van der Waals surface area contributed by atoms with E-state index >= 15 is 0 Å². The molecule has 0 unspecified atom stereocenters. The van der Waals surface area contributed by atoms with Crippen LogP contribution in [-0.2, 0) is 4.79 Å². The van der Waals surface area contributed by atoms with Crippen molar-refractivity contribution in [2.45, 2.75) is 31.5 Å². The van der Waals surface area contributed by atoms with Gasteiger partial charge in [-0.2, -0.15) is 39.5 Å². The molecule has 136 valence electrons. The number of benzene rings is 1. The van der Waals surface area contributed by atoms with Crippen LogP contribution in [0.4, 0.5) is 39.5 Å². The van der Waals surface area contributed by atoms with Crippen molar-refractivity contribution in [3.63, 3.8) is 0 Å². The van der Waals surface area contributed by atoms with Crippen LogP contribution in [0.15, 0.2) is 30.3 Å². The molecule has 0 saturated heterocycles. The largest absolute Gasteiger partial charge is 0.421 e. The molecule has 1 aromatic rings. The Bertz CT molecular complexity index is 538. The zero-order valence-corrected chi connectivity index (χ0v) is 11.8. The van der Waals surface area contributed by atoms with Crippen LogP contribution in [0.3, 0.4) is 0 Å². The predicted molar refractivity (Wildman–Crippen MR) is 63.6 cm³/mol. The van der Waals surface area contributed by atoms with E-state index in [1.165, 1.54) is 30.3 Å². The molecule has 1 amide bonds. The molecule has 1 atom stereocenters. The van der Waals surface area contributed by atoms with E-state index in [2.05, 4.69) is 0 Å². The molecule has 0 aliphatic rings. The lowest BCUT2D eigenvalue weighted by atomic mass is 9.83. The van der Waals surface area contributed by atoms with Crippen LogP contribution in [0, 0.1) is 5.41 Å². The number of carbonyl (C=O) groups excluding carboxylic acids is 1. The highest BCUT2D eigenvalue weighted by Gasteiger charge is 2.88. The van der Waals surface area contributed by atoms with Crippen LogP contribution >= 0.6 is 0 Å². The van der Waals surface area contributed by atoms with Gasteiger partial charge >= 0.3 is 23.9 Å². The van der Waals surface area contributed by atoms with Crippen LogP contribution in [0.25, 0.3) is 0 Å². The summed E-state index contributed by atoms with van der Waals surface area (Å²) in [5, 5.41) is 1.16. The van der Waals surface area contributed by atoms with E-state index in [0.717, 1.165) is 12.2 Å². The summed E-state index contributed by atoms with van der Waals surface area (Å²) in [6.07, 6.45) is -20.8. The summed E-state index contributed by atoms with van der Waals surface area (Å²) in [4.78, 5) is 11.5. The van der Waals surface area contributed by atoms with Gasteiger partial charge in [0, 0.05) is 0 Å². The second-order valence-electron chi connectivity index (χ2n) is 4.85. The zero-order chi connectivity index (χ0) is 19.0. The molecule has 24 heavy (non-hydrogen) atoms. The molecule has 0 aliphatic heterocycles. The van der Waals surface area contributed by atoms with Crippen LogP contribution in [0.2, 0.25) is 0 Å². The Balaban J connectivity index is 3.38. The minimum atomic E-state index is -6.93. The monoisotopic (exact) mass is 367 g/mol. The van der Waals surface area contributed by atoms with E-state index < -0.39 is 35.9 Å². The van der Waals surface area contributed by atoms with Crippen molar-refractivity contribution in [1.29, 1.82) is 0 Å². The second-order valence-corrected chi connectivity index (χ2v) is 4.85. The highest BCUT2D eigenvalue weighted by Crippen LogP contribution is 2.59. The Hall–Kier alpha value is -1.94. The molecule has 0 radical (unpaired) electrons. The summed E-state index contributed by atoms with van der Waals surface area (Å²) in [7, 11) is 0. The lowest BCUT2D eigenvalue weighted by molar-refractivity contribution is -0.407. The maximum Gasteiger partial charge on any atom is 0.421 e. The molecule has 11 heteroatoms. The van der Waals surface area contributed by atoms with E-state index in [1.807, 2.05) is 0 Å². The van der Waals surface area contributed by atoms with Crippen molar-refractivity contribution < 1.29 is 44.3 Å². The number of rotatable bonds is 3.